The van der Waals surface area contributed by atoms with Crippen LogP contribution in [-0.4, -0.2) is 51.8 Å². The van der Waals surface area contributed by atoms with Crippen molar-refractivity contribution in [2.24, 2.45) is 0 Å². The zero-order valence-electron chi connectivity index (χ0n) is 25.3. The Morgan fingerprint density at radius 2 is 1.83 bits per heavy atom. The van der Waals surface area contributed by atoms with Crippen LogP contribution in [0.5, 0.6) is 5.75 Å². The van der Waals surface area contributed by atoms with E-state index in [4.69, 9.17) is 14.1 Å². The molecule has 2 N–H and O–H groups in total. The number of methoxy groups -OCH3 is 1. The molecule has 0 saturated carbocycles. The van der Waals surface area contributed by atoms with Crippen LogP contribution in [-0.2, 0) is 16.4 Å². The van der Waals surface area contributed by atoms with Crippen LogP contribution < -0.4 is 14.4 Å². The molecule has 232 valence electrons. The fraction of sp³-hybridized carbons (Fsp3) is 0.147. The lowest BCUT2D eigenvalue weighted by Gasteiger charge is -2.21. The maximum atomic E-state index is 13.7. The summed E-state index contributed by atoms with van der Waals surface area (Å²) in [6.07, 6.45) is 1.29. The van der Waals surface area contributed by atoms with Gasteiger partial charge in [0.25, 0.3) is 5.91 Å². The highest BCUT2D eigenvalue weighted by Crippen LogP contribution is 2.43. The molecule has 10 nitrogen and oxygen atoms in total. The van der Waals surface area contributed by atoms with Crippen molar-refractivity contribution in [2.45, 2.75) is 6.42 Å². The van der Waals surface area contributed by atoms with Gasteiger partial charge >= 0.3 is 0 Å². The molecule has 0 atom stereocenters. The van der Waals surface area contributed by atoms with E-state index in [2.05, 4.69) is 16.4 Å². The Labute approximate surface area is 264 Å². The van der Waals surface area contributed by atoms with E-state index >= 15 is 0 Å². The summed E-state index contributed by atoms with van der Waals surface area (Å²) in [5, 5.41) is 12.4. The number of anilines is 1. The number of nitrogens with zero attached hydrogens (tertiary/aromatic N) is 3. The van der Waals surface area contributed by atoms with Crippen molar-refractivity contribution in [2.75, 3.05) is 31.8 Å². The van der Waals surface area contributed by atoms with Gasteiger partial charge in [0.05, 0.1) is 53.7 Å². The second-order valence-electron chi connectivity index (χ2n) is 10.6. The maximum Gasteiger partial charge on any atom is 0.255 e. The maximum absolute atomic E-state index is 13.7. The number of amides is 1. The lowest BCUT2D eigenvalue weighted by Crippen LogP contribution is -2.25. The number of nitriles is 1. The van der Waals surface area contributed by atoms with Gasteiger partial charge in [0.2, 0.25) is 10.0 Å². The Morgan fingerprint density at radius 3 is 2.50 bits per heavy atom. The Bertz CT molecular complexity index is 2300. The van der Waals surface area contributed by atoms with E-state index < -0.39 is 21.7 Å². The van der Waals surface area contributed by atoms with E-state index in [9.17, 15) is 22.9 Å². The largest absolute Gasteiger partial charge is 0.496 e. The lowest BCUT2D eigenvalue weighted by molar-refractivity contribution is 0.0964. The van der Waals surface area contributed by atoms with Crippen LogP contribution >= 0.6 is 0 Å². The average molecular weight is 638 g/mol. The Kier molecular flexibility index (Phi) is 7.71. The quantitative estimate of drug-likeness (QED) is 0.200. The first-order valence-corrected chi connectivity index (χ1v) is 15.9. The summed E-state index contributed by atoms with van der Waals surface area (Å²) in [5.41, 5.74) is 5.13. The summed E-state index contributed by atoms with van der Waals surface area (Å²) >= 11 is 0. The monoisotopic (exact) mass is 637 g/mol. The highest BCUT2D eigenvalue weighted by Gasteiger charge is 2.26. The summed E-state index contributed by atoms with van der Waals surface area (Å²) in [7, 11) is 0.727. The number of furan rings is 1. The van der Waals surface area contributed by atoms with E-state index in [0.29, 0.717) is 50.4 Å². The summed E-state index contributed by atoms with van der Waals surface area (Å²) in [6.45, 7) is 0. The summed E-state index contributed by atoms with van der Waals surface area (Å²) in [6, 6.07) is 21.9. The molecule has 0 aliphatic heterocycles. The van der Waals surface area contributed by atoms with Crippen molar-refractivity contribution in [1.82, 2.24) is 15.3 Å². The molecule has 2 heterocycles. The van der Waals surface area contributed by atoms with Crippen molar-refractivity contribution in [3.05, 3.63) is 89.7 Å². The standard InChI is InChI=1S/C34H28FN5O5S/c1-37-34(41)30-24-17-23(27(40(2)46(4,42)43)18-29(24)45-32(30)20-8-11-22(35)12-9-20)21-10-13-28(44-3)25(16-21)33-38-26-7-5-6-19(14-15-36)31(26)39-33/h5-13,16-18H,14H2,1-4H3,(H,37,41)(H,38,39). The molecule has 0 saturated heterocycles. The molecule has 2 aromatic heterocycles. The van der Waals surface area contributed by atoms with Crippen LogP contribution in [0.4, 0.5) is 10.1 Å². The third kappa shape index (κ3) is 5.31. The summed E-state index contributed by atoms with van der Waals surface area (Å²) in [5.74, 6) is 0.342. The number of carbonyl (C=O) groups is 1. The highest BCUT2D eigenvalue weighted by atomic mass is 32.2. The molecule has 0 bridgehead atoms. The lowest BCUT2D eigenvalue weighted by atomic mass is 9.97. The van der Waals surface area contributed by atoms with Gasteiger partial charge in [-0.05, 0) is 59.7 Å². The zero-order chi connectivity index (χ0) is 32.7. The Hall–Kier alpha value is -5.67. The SMILES string of the molecule is CNC(=O)c1c(-c2ccc(F)cc2)oc2cc(N(C)S(C)(=O)=O)c(-c3ccc(OC)c(-c4nc5c(CC#N)cccc5[nH]4)c3)cc12. The smallest absolute Gasteiger partial charge is 0.255 e. The molecule has 6 rings (SSSR count). The molecule has 0 radical (unpaired) electrons. The summed E-state index contributed by atoms with van der Waals surface area (Å²) < 4.78 is 52.4. The molecule has 46 heavy (non-hydrogen) atoms. The molecule has 6 aromatic rings. The van der Waals surface area contributed by atoms with Crippen LogP contribution in [0.2, 0.25) is 0 Å². The van der Waals surface area contributed by atoms with Crippen LogP contribution in [0.3, 0.4) is 0 Å². The van der Waals surface area contributed by atoms with Gasteiger partial charge in [-0.2, -0.15) is 5.26 Å². The topological polar surface area (TPSA) is 141 Å². The van der Waals surface area contributed by atoms with Crippen LogP contribution in [0, 0.1) is 17.1 Å². The number of hydrogen-bond donors (Lipinski definition) is 2. The normalized spacial score (nSPS) is 11.5. The van der Waals surface area contributed by atoms with Gasteiger partial charge in [0, 0.05) is 36.7 Å². The number of carbonyl (C=O) groups excluding carboxylic acids is 1. The van der Waals surface area contributed by atoms with E-state index in [-0.39, 0.29) is 23.3 Å². The van der Waals surface area contributed by atoms with Gasteiger partial charge in [0.15, 0.2) is 0 Å². The average Bonchev–Trinajstić information content (AvgIpc) is 3.65. The predicted octanol–water partition coefficient (Wildman–Crippen LogP) is 6.28. The number of rotatable bonds is 8. The number of sulfonamides is 1. The van der Waals surface area contributed by atoms with Gasteiger partial charge in [0.1, 0.15) is 28.7 Å². The first kappa shape index (κ1) is 30.4. The molecule has 1 amide bonds. The molecular weight excluding hydrogens is 609 g/mol. The molecule has 0 aliphatic rings. The molecule has 0 unspecified atom stereocenters. The van der Waals surface area contributed by atoms with E-state index in [1.54, 1.807) is 24.3 Å². The molecule has 12 heteroatoms. The number of benzene rings is 4. The van der Waals surface area contributed by atoms with Gasteiger partial charge in [-0.25, -0.2) is 17.8 Å². The fourth-order valence-corrected chi connectivity index (χ4v) is 5.97. The zero-order valence-corrected chi connectivity index (χ0v) is 26.1. The third-order valence-electron chi connectivity index (χ3n) is 7.83. The molecule has 0 aliphatic carbocycles. The van der Waals surface area contributed by atoms with Crippen LogP contribution in [0.1, 0.15) is 15.9 Å². The van der Waals surface area contributed by atoms with Gasteiger partial charge < -0.3 is 19.5 Å². The first-order valence-electron chi connectivity index (χ1n) is 14.1. The molecule has 0 spiro atoms. The van der Waals surface area contributed by atoms with Crippen molar-refractivity contribution < 1.29 is 26.8 Å². The molecule has 0 fully saturated rings. The van der Waals surface area contributed by atoms with Crippen LogP contribution in [0.25, 0.3) is 55.8 Å². The van der Waals surface area contributed by atoms with Crippen molar-refractivity contribution in [1.29, 1.82) is 5.26 Å². The number of aromatic nitrogens is 2. The second-order valence-corrected chi connectivity index (χ2v) is 12.7. The third-order valence-corrected chi connectivity index (χ3v) is 9.03. The Morgan fingerprint density at radius 1 is 1.09 bits per heavy atom. The first-order chi connectivity index (χ1) is 22.0. The number of nitrogens with one attached hydrogen (secondary N) is 2. The van der Waals surface area contributed by atoms with Crippen molar-refractivity contribution >= 4 is 43.6 Å². The number of imidazole rings is 1. The van der Waals surface area contributed by atoms with Crippen molar-refractivity contribution in [3.63, 3.8) is 0 Å². The van der Waals surface area contributed by atoms with E-state index in [0.717, 1.165) is 21.6 Å². The number of ether oxygens (including phenoxy) is 1. The number of para-hydroxylation sites is 1. The predicted molar refractivity (Wildman–Crippen MR) is 175 cm³/mol. The molecular formula is C34H28FN5O5S. The van der Waals surface area contributed by atoms with Crippen LogP contribution in [0.15, 0.2) is 77.2 Å². The van der Waals surface area contributed by atoms with Gasteiger partial charge in [-0.3, -0.25) is 9.10 Å². The van der Waals surface area contributed by atoms with E-state index in [1.165, 1.54) is 45.5 Å². The van der Waals surface area contributed by atoms with E-state index in [1.807, 2.05) is 24.3 Å². The number of hydrogen-bond acceptors (Lipinski definition) is 7. The van der Waals surface area contributed by atoms with Gasteiger partial charge in [-0.15, -0.1) is 0 Å². The fourth-order valence-electron chi connectivity index (χ4n) is 5.47. The van der Waals surface area contributed by atoms with Crippen molar-refractivity contribution in [3.8, 4) is 45.7 Å². The second kappa shape index (κ2) is 11.7. The number of aromatic amines is 1. The number of H-pyrrole nitrogens is 1. The summed E-state index contributed by atoms with van der Waals surface area (Å²) in [4.78, 5) is 21.4. The van der Waals surface area contributed by atoms with Gasteiger partial charge in [-0.1, -0.05) is 18.2 Å². The minimum Gasteiger partial charge on any atom is -0.496 e. The molecule has 4 aromatic carbocycles. The number of fused-ring (bicyclic) bond motifs is 2. The minimum atomic E-state index is -3.74. The Balaban J connectivity index is 1.62. The number of halogens is 1. The minimum absolute atomic E-state index is 0.193. The highest BCUT2D eigenvalue weighted by molar-refractivity contribution is 7.92.